The number of nitro groups is 1. The lowest BCUT2D eigenvalue weighted by Crippen LogP contribution is -2.11. The van der Waals surface area contributed by atoms with Gasteiger partial charge < -0.3 is 4.74 Å². The molecule has 0 fully saturated rings. The molecular formula is C20H15BrN2O3. The predicted octanol–water partition coefficient (Wildman–Crippen LogP) is 5.38. The maximum atomic E-state index is 10.8. The number of hydrogen-bond acceptors (Lipinski definition) is 4. The highest BCUT2D eigenvalue weighted by molar-refractivity contribution is 9.10. The quantitative estimate of drug-likeness (QED) is 0.245. The van der Waals surface area contributed by atoms with Gasteiger partial charge in [-0.1, -0.05) is 52.3 Å². The van der Waals surface area contributed by atoms with Crippen LogP contribution in [0.5, 0.6) is 5.75 Å². The smallest absolute Gasteiger partial charge is 0.269 e. The second-order valence-electron chi connectivity index (χ2n) is 5.47. The summed E-state index contributed by atoms with van der Waals surface area (Å²) in [7, 11) is 0. The summed E-state index contributed by atoms with van der Waals surface area (Å²) in [4.78, 5) is 14.9. The van der Waals surface area contributed by atoms with Gasteiger partial charge in [0.1, 0.15) is 5.75 Å². The zero-order valence-electron chi connectivity index (χ0n) is 13.7. The minimum Gasteiger partial charge on any atom is -0.439 e. The molecule has 0 unspecified atom stereocenters. The summed E-state index contributed by atoms with van der Waals surface area (Å²) in [5.74, 6) is 0.936. The van der Waals surface area contributed by atoms with Crippen LogP contribution in [0, 0.1) is 10.1 Å². The third-order valence-corrected chi connectivity index (χ3v) is 4.07. The van der Waals surface area contributed by atoms with Gasteiger partial charge >= 0.3 is 0 Å². The van der Waals surface area contributed by atoms with Gasteiger partial charge in [-0.25, -0.2) is 4.99 Å². The first-order valence-electron chi connectivity index (χ1n) is 7.88. The van der Waals surface area contributed by atoms with E-state index < -0.39 is 4.92 Å². The molecule has 0 saturated carbocycles. The van der Waals surface area contributed by atoms with Crippen LogP contribution in [-0.2, 0) is 6.54 Å². The molecule has 0 N–H and O–H groups in total. The van der Waals surface area contributed by atoms with Crippen molar-refractivity contribution in [2.75, 3.05) is 0 Å². The SMILES string of the molecule is O=[N+]([O-])c1ccc(OC(=NCc2ccccc2)c2cccc(Br)c2)cc1. The van der Waals surface area contributed by atoms with Crippen LogP contribution in [-0.4, -0.2) is 10.8 Å². The van der Waals surface area contributed by atoms with Crippen LogP contribution < -0.4 is 4.74 Å². The first-order valence-corrected chi connectivity index (χ1v) is 8.68. The zero-order valence-corrected chi connectivity index (χ0v) is 15.3. The standard InChI is InChI=1S/C20H15BrN2O3/c21-17-8-4-7-16(13-17)20(22-14-15-5-2-1-3-6-15)26-19-11-9-18(10-12-19)23(24)25/h1-13H,14H2. The predicted molar refractivity (Wildman–Crippen MR) is 105 cm³/mol. The topological polar surface area (TPSA) is 64.7 Å². The second-order valence-corrected chi connectivity index (χ2v) is 6.39. The third-order valence-electron chi connectivity index (χ3n) is 3.58. The highest BCUT2D eigenvalue weighted by Crippen LogP contribution is 2.20. The van der Waals surface area contributed by atoms with Crippen LogP contribution in [0.1, 0.15) is 11.1 Å². The molecule has 5 nitrogen and oxygen atoms in total. The Morgan fingerprint density at radius 3 is 2.38 bits per heavy atom. The summed E-state index contributed by atoms with van der Waals surface area (Å²) < 4.78 is 6.83. The molecule has 0 radical (unpaired) electrons. The molecule has 3 rings (SSSR count). The van der Waals surface area contributed by atoms with Crippen LogP contribution in [0.15, 0.2) is 88.3 Å². The lowest BCUT2D eigenvalue weighted by atomic mass is 10.2. The number of non-ortho nitro benzene ring substituents is 1. The van der Waals surface area contributed by atoms with E-state index in [4.69, 9.17) is 4.74 Å². The van der Waals surface area contributed by atoms with Crippen molar-refractivity contribution in [3.05, 3.63) is 105 Å². The van der Waals surface area contributed by atoms with E-state index in [1.807, 2.05) is 54.6 Å². The molecule has 0 aliphatic carbocycles. The van der Waals surface area contributed by atoms with Gasteiger partial charge in [0.2, 0.25) is 5.90 Å². The molecule has 0 atom stereocenters. The van der Waals surface area contributed by atoms with Gasteiger partial charge in [0.15, 0.2) is 0 Å². The van der Waals surface area contributed by atoms with Crippen molar-refractivity contribution in [1.82, 2.24) is 0 Å². The van der Waals surface area contributed by atoms with Gasteiger partial charge in [-0.05, 0) is 35.9 Å². The Morgan fingerprint density at radius 2 is 1.73 bits per heavy atom. The van der Waals surface area contributed by atoms with E-state index in [1.54, 1.807) is 12.1 Å². The number of aliphatic imine (C=N–C) groups is 1. The molecule has 0 aliphatic rings. The number of benzene rings is 3. The number of rotatable bonds is 5. The molecule has 0 aromatic heterocycles. The van der Waals surface area contributed by atoms with Crippen LogP contribution in [0.3, 0.4) is 0 Å². The summed E-state index contributed by atoms with van der Waals surface area (Å²) >= 11 is 3.45. The normalized spacial score (nSPS) is 11.2. The van der Waals surface area contributed by atoms with Gasteiger partial charge in [-0.15, -0.1) is 0 Å². The maximum absolute atomic E-state index is 10.8. The van der Waals surface area contributed by atoms with E-state index in [1.165, 1.54) is 12.1 Å². The van der Waals surface area contributed by atoms with Crippen molar-refractivity contribution in [1.29, 1.82) is 0 Å². The van der Waals surface area contributed by atoms with Crippen LogP contribution >= 0.6 is 15.9 Å². The average molecular weight is 411 g/mol. The summed E-state index contributed by atoms with van der Waals surface area (Å²) in [6.45, 7) is 0.468. The second kappa shape index (κ2) is 8.40. The number of ether oxygens (including phenoxy) is 1. The molecule has 3 aromatic carbocycles. The van der Waals surface area contributed by atoms with E-state index in [9.17, 15) is 10.1 Å². The first kappa shape index (κ1) is 17.8. The van der Waals surface area contributed by atoms with Crippen molar-refractivity contribution < 1.29 is 9.66 Å². The summed E-state index contributed by atoms with van der Waals surface area (Å²) in [5, 5.41) is 10.8. The van der Waals surface area contributed by atoms with Crippen molar-refractivity contribution >= 4 is 27.5 Å². The third kappa shape index (κ3) is 4.77. The van der Waals surface area contributed by atoms with E-state index in [2.05, 4.69) is 20.9 Å². The van der Waals surface area contributed by atoms with Gasteiger partial charge in [0.05, 0.1) is 11.5 Å². The van der Waals surface area contributed by atoms with Crippen molar-refractivity contribution in [2.24, 2.45) is 4.99 Å². The van der Waals surface area contributed by atoms with Crippen LogP contribution in [0.25, 0.3) is 0 Å². The van der Waals surface area contributed by atoms with Crippen molar-refractivity contribution in [2.45, 2.75) is 6.54 Å². The highest BCUT2D eigenvalue weighted by atomic mass is 79.9. The van der Waals surface area contributed by atoms with Crippen LogP contribution in [0.4, 0.5) is 5.69 Å². The Bertz CT molecular complexity index is 925. The van der Waals surface area contributed by atoms with E-state index in [0.717, 1.165) is 15.6 Å². The summed E-state index contributed by atoms with van der Waals surface area (Å²) in [6.07, 6.45) is 0. The Balaban J connectivity index is 1.88. The van der Waals surface area contributed by atoms with Crippen molar-refractivity contribution in [3.8, 4) is 5.75 Å². The summed E-state index contributed by atoms with van der Waals surface area (Å²) in [6, 6.07) is 23.4. The molecule has 0 heterocycles. The van der Waals surface area contributed by atoms with E-state index in [0.29, 0.717) is 18.2 Å². The van der Waals surface area contributed by atoms with Gasteiger partial charge in [-0.2, -0.15) is 0 Å². The fourth-order valence-electron chi connectivity index (χ4n) is 2.30. The van der Waals surface area contributed by atoms with Gasteiger partial charge in [0.25, 0.3) is 5.69 Å². The Morgan fingerprint density at radius 1 is 1.00 bits per heavy atom. The Labute approximate surface area is 159 Å². The molecule has 0 saturated heterocycles. The minimum atomic E-state index is -0.442. The molecular weight excluding hydrogens is 396 g/mol. The van der Waals surface area contributed by atoms with E-state index >= 15 is 0 Å². The Kier molecular flexibility index (Phi) is 5.76. The fourth-order valence-corrected chi connectivity index (χ4v) is 2.70. The van der Waals surface area contributed by atoms with Gasteiger partial charge in [-0.3, -0.25) is 10.1 Å². The highest BCUT2D eigenvalue weighted by Gasteiger charge is 2.10. The lowest BCUT2D eigenvalue weighted by molar-refractivity contribution is -0.384. The van der Waals surface area contributed by atoms with E-state index in [-0.39, 0.29) is 5.69 Å². The number of nitrogens with zero attached hydrogens (tertiary/aromatic N) is 2. The largest absolute Gasteiger partial charge is 0.439 e. The molecule has 130 valence electrons. The minimum absolute atomic E-state index is 0.0163. The van der Waals surface area contributed by atoms with Crippen LogP contribution in [0.2, 0.25) is 0 Å². The number of halogens is 1. The number of hydrogen-bond donors (Lipinski definition) is 0. The molecule has 0 amide bonds. The molecule has 6 heteroatoms. The monoisotopic (exact) mass is 410 g/mol. The fraction of sp³-hybridized carbons (Fsp3) is 0.0500. The molecule has 0 spiro atoms. The molecule has 26 heavy (non-hydrogen) atoms. The Hall–Kier alpha value is -2.99. The van der Waals surface area contributed by atoms with Gasteiger partial charge in [0, 0.05) is 22.2 Å². The first-order chi connectivity index (χ1) is 12.6. The average Bonchev–Trinajstić information content (AvgIpc) is 2.66. The van der Waals surface area contributed by atoms with Crippen molar-refractivity contribution in [3.63, 3.8) is 0 Å². The maximum Gasteiger partial charge on any atom is 0.269 e. The molecule has 0 aliphatic heterocycles. The zero-order chi connectivity index (χ0) is 18.4. The summed E-state index contributed by atoms with van der Waals surface area (Å²) in [5.41, 5.74) is 1.89. The molecule has 0 bridgehead atoms. The lowest BCUT2D eigenvalue weighted by Gasteiger charge is -2.10. The molecule has 3 aromatic rings. The number of nitro benzene ring substituents is 1.